The molecule has 0 fully saturated rings. The number of hydrogen-bond donors (Lipinski definition) is 0. The molecule has 0 amide bonds. The molecule has 0 aromatic heterocycles. The van der Waals surface area contributed by atoms with Crippen LogP contribution in [-0.2, 0) is 4.43 Å². The van der Waals surface area contributed by atoms with Gasteiger partial charge in [0.05, 0.1) is 0 Å². The molecule has 2 heteroatoms. The van der Waals surface area contributed by atoms with Crippen LogP contribution in [-0.4, -0.2) is 9.04 Å². The summed E-state index contributed by atoms with van der Waals surface area (Å²) < 4.78 is 5.65. The molecule has 1 unspecified atom stereocenters. The predicted octanol–water partition coefficient (Wildman–Crippen LogP) is 2.63. The molecule has 0 heterocycles. The van der Waals surface area contributed by atoms with Crippen LogP contribution in [0.2, 0.25) is 13.1 Å². The molecule has 0 saturated carbocycles. The third kappa shape index (κ3) is 3.06. The van der Waals surface area contributed by atoms with E-state index >= 15 is 0 Å². The van der Waals surface area contributed by atoms with Crippen molar-refractivity contribution in [3.8, 4) is 12.3 Å². The maximum Gasteiger partial charge on any atom is 0.207 e. The maximum absolute atomic E-state index is 5.65. The van der Waals surface area contributed by atoms with Gasteiger partial charge in [0.1, 0.15) is 6.10 Å². The normalized spacial score (nSPS) is 12.5. The highest BCUT2D eigenvalue weighted by Crippen LogP contribution is 2.16. The van der Waals surface area contributed by atoms with Crippen LogP contribution >= 0.6 is 0 Å². The van der Waals surface area contributed by atoms with Crippen LogP contribution in [0.1, 0.15) is 11.7 Å². The van der Waals surface area contributed by atoms with Crippen LogP contribution < -0.4 is 0 Å². The second-order valence-corrected chi connectivity index (χ2v) is 5.04. The average Bonchev–Trinajstić information content (AvgIpc) is 2.15. The molecule has 1 nitrogen and oxygen atoms in total. The molecule has 0 bridgehead atoms. The topological polar surface area (TPSA) is 9.23 Å². The van der Waals surface area contributed by atoms with Crippen molar-refractivity contribution in [3.63, 3.8) is 0 Å². The molecule has 0 aliphatic rings. The van der Waals surface area contributed by atoms with Crippen LogP contribution in [0, 0.1) is 12.3 Å². The molecule has 13 heavy (non-hydrogen) atoms. The fraction of sp³-hybridized carbons (Fsp3) is 0.273. The summed E-state index contributed by atoms with van der Waals surface area (Å²) in [4.78, 5) is 0. The van der Waals surface area contributed by atoms with Crippen molar-refractivity contribution in [2.45, 2.75) is 19.2 Å². The van der Waals surface area contributed by atoms with Gasteiger partial charge in [-0.15, -0.1) is 6.42 Å². The Bertz CT molecular complexity index is 287. The van der Waals surface area contributed by atoms with E-state index in [0.29, 0.717) is 0 Å². The Morgan fingerprint density at radius 1 is 1.31 bits per heavy atom. The van der Waals surface area contributed by atoms with Gasteiger partial charge in [-0.05, 0) is 18.7 Å². The Hall–Kier alpha value is -1.04. The van der Waals surface area contributed by atoms with Crippen LogP contribution in [0.5, 0.6) is 0 Å². The third-order valence-corrected chi connectivity index (χ3v) is 2.31. The first-order valence-corrected chi connectivity index (χ1v) is 6.62. The SMILES string of the molecule is C#CC(O[Si](C)C)c1ccccc1. The minimum Gasteiger partial charge on any atom is -0.400 e. The fourth-order valence-electron chi connectivity index (χ4n) is 1.06. The molecule has 0 aliphatic carbocycles. The number of benzene rings is 1. The summed E-state index contributed by atoms with van der Waals surface area (Å²) in [6, 6.07) is 9.91. The van der Waals surface area contributed by atoms with E-state index in [1.807, 2.05) is 30.3 Å². The first-order chi connectivity index (χ1) is 6.24. The number of hydrogen-bond acceptors (Lipinski definition) is 1. The van der Waals surface area contributed by atoms with E-state index in [-0.39, 0.29) is 6.10 Å². The molecule has 1 aromatic carbocycles. The number of terminal acetylenes is 1. The van der Waals surface area contributed by atoms with E-state index in [1.54, 1.807) is 0 Å². The molecule has 67 valence electrons. The summed E-state index contributed by atoms with van der Waals surface area (Å²) in [5.74, 6) is 2.65. The van der Waals surface area contributed by atoms with Crippen LogP contribution in [0.3, 0.4) is 0 Å². The Morgan fingerprint density at radius 3 is 2.38 bits per heavy atom. The van der Waals surface area contributed by atoms with Gasteiger partial charge in [-0.2, -0.15) is 0 Å². The van der Waals surface area contributed by atoms with Crippen LogP contribution in [0.15, 0.2) is 30.3 Å². The molecule has 1 rings (SSSR count). The first kappa shape index (κ1) is 10.0. The van der Waals surface area contributed by atoms with Gasteiger partial charge in [0.15, 0.2) is 0 Å². The molecule has 1 aromatic rings. The van der Waals surface area contributed by atoms with Crippen molar-refractivity contribution in [1.29, 1.82) is 0 Å². The standard InChI is InChI=1S/C11H13OSi/c1-4-11(12-13(2)3)10-8-6-5-7-9-10/h1,5-9,11H,2-3H3. The van der Waals surface area contributed by atoms with Gasteiger partial charge in [0.2, 0.25) is 9.04 Å². The summed E-state index contributed by atoms with van der Waals surface area (Å²) in [5.41, 5.74) is 1.07. The Kier molecular flexibility index (Phi) is 3.75. The second-order valence-electron chi connectivity index (χ2n) is 2.98. The Labute approximate surface area is 81.5 Å². The lowest BCUT2D eigenvalue weighted by Gasteiger charge is -2.14. The molecular formula is C11H13OSi. The second kappa shape index (κ2) is 4.86. The van der Waals surface area contributed by atoms with Gasteiger partial charge in [0.25, 0.3) is 0 Å². The van der Waals surface area contributed by atoms with Gasteiger partial charge in [-0.1, -0.05) is 36.3 Å². The third-order valence-electron chi connectivity index (χ3n) is 1.61. The van der Waals surface area contributed by atoms with Gasteiger partial charge in [0, 0.05) is 0 Å². The highest BCUT2D eigenvalue weighted by Gasteiger charge is 2.10. The monoisotopic (exact) mass is 189 g/mol. The van der Waals surface area contributed by atoms with Crippen LogP contribution in [0.25, 0.3) is 0 Å². The maximum atomic E-state index is 5.65. The zero-order chi connectivity index (χ0) is 9.68. The van der Waals surface area contributed by atoms with Crippen LogP contribution in [0.4, 0.5) is 0 Å². The van der Waals surface area contributed by atoms with Crippen molar-refractivity contribution < 1.29 is 4.43 Å². The van der Waals surface area contributed by atoms with Crippen molar-refractivity contribution in [2.75, 3.05) is 0 Å². The zero-order valence-corrected chi connectivity index (χ0v) is 8.95. The van der Waals surface area contributed by atoms with Crippen molar-refractivity contribution in [3.05, 3.63) is 35.9 Å². The Morgan fingerprint density at radius 2 is 1.92 bits per heavy atom. The smallest absolute Gasteiger partial charge is 0.207 e. The van der Waals surface area contributed by atoms with Crippen molar-refractivity contribution >= 4 is 9.04 Å². The summed E-state index contributed by atoms with van der Waals surface area (Å²) in [5, 5.41) is 0. The lowest BCUT2D eigenvalue weighted by atomic mass is 10.1. The quantitative estimate of drug-likeness (QED) is 0.524. The first-order valence-electron chi connectivity index (χ1n) is 4.22. The predicted molar refractivity (Wildman–Crippen MR) is 56.6 cm³/mol. The fourth-order valence-corrected chi connectivity index (χ4v) is 1.74. The van der Waals surface area contributed by atoms with E-state index < -0.39 is 9.04 Å². The highest BCUT2D eigenvalue weighted by molar-refractivity contribution is 6.48. The van der Waals surface area contributed by atoms with Crippen molar-refractivity contribution in [1.82, 2.24) is 0 Å². The summed E-state index contributed by atoms with van der Waals surface area (Å²) >= 11 is 0. The van der Waals surface area contributed by atoms with Gasteiger partial charge in [-0.25, -0.2) is 0 Å². The molecular weight excluding hydrogens is 176 g/mol. The molecule has 0 aliphatic heterocycles. The van der Waals surface area contributed by atoms with E-state index in [4.69, 9.17) is 10.8 Å². The van der Waals surface area contributed by atoms with E-state index in [1.165, 1.54) is 0 Å². The van der Waals surface area contributed by atoms with Gasteiger partial charge in [-0.3, -0.25) is 0 Å². The van der Waals surface area contributed by atoms with E-state index in [9.17, 15) is 0 Å². The van der Waals surface area contributed by atoms with Gasteiger partial charge >= 0.3 is 0 Å². The van der Waals surface area contributed by atoms with E-state index in [2.05, 4.69) is 19.0 Å². The van der Waals surface area contributed by atoms with Crippen molar-refractivity contribution in [2.24, 2.45) is 0 Å². The zero-order valence-electron chi connectivity index (χ0n) is 7.95. The lowest BCUT2D eigenvalue weighted by Crippen LogP contribution is -2.12. The minimum absolute atomic E-state index is 0.176. The average molecular weight is 189 g/mol. The van der Waals surface area contributed by atoms with E-state index in [0.717, 1.165) is 5.56 Å². The Balaban J connectivity index is 2.75. The lowest BCUT2D eigenvalue weighted by molar-refractivity contribution is 0.271. The molecule has 1 radical (unpaired) electrons. The minimum atomic E-state index is -0.735. The summed E-state index contributed by atoms with van der Waals surface area (Å²) in [7, 11) is -0.735. The summed E-state index contributed by atoms with van der Waals surface area (Å²) in [6.07, 6.45) is 5.22. The molecule has 0 N–H and O–H groups in total. The summed E-state index contributed by atoms with van der Waals surface area (Å²) in [6.45, 7) is 4.16. The van der Waals surface area contributed by atoms with Gasteiger partial charge < -0.3 is 4.43 Å². The highest BCUT2D eigenvalue weighted by atomic mass is 28.3. The number of rotatable bonds is 3. The molecule has 1 atom stereocenters. The molecule has 0 spiro atoms. The largest absolute Gasteiger partial charge is 0.400 e. The molecule has 0 saturated heterocycles.